The van der Waals surface area contributed by atoms with Gasteiger partial charge in [0.25, 0.3) is 5.91 Å². The minimum Gasteiger partial charge on any atom is -0.467 e. The molecule has 2 rings (SSSR count). The first kappa shape index (κ1) is 15.7. The smallest absolute Gasteiger partial charge is 0.330 e. The third-order valence-electron chi connectivity index (χ3n) is 3.11. The Morgan fingerprint density at radius 3 is 2.41 bits per heavy atom. The summed E-state index contributed by atoms with van der Waals surface area (Å²) >= 11 is 0. The van der Waals surface area contributed by atoms with Crippen molar-refractivity contribution in [2.45, 2.75) is 26.3 Å². The number of rotatable bonds is 4. The molecule has 7 nitrogen and oxygen atoms in total. The molecule has 0 bridgehead atoms. The Bertz CT molecular complexity index is 692. The first-order valence-corrected chi connectivity index (χ1v) is 6.75. The number of hydrogen-bond acceptors (Lipinski definition) is 5. The van der Waals surface area contributed by atoms with Gasteiger partial charge in [0.05, 0.1) is 18.5 Å². The summed E-state index contributed by atoms with van der Waals surface area (Å²) in [5.41, 5.74) is 0.245. The molecule has 0 aliphatic heterocycles. The Kier molecular flexibility index (Phi) is 4.25. The lowest BCUT2D eigenvalue weighted by molar-refractivity contribution is -0.146. The predicted octanol–water partition coefficient (Wildman–Crippen LogP) is 1.26. The Morgan fingerprint density at radius 1 is 1.18 bits per heavy atom. The molecule has 1 heterocycles. The maximum absolute atomic E-state index is 12.3. The quantitative estimate of drug-likeness (QED) is 0.859. The van der Waals surface area contributed by atoms with E-state index in [1.807, 2.05) is 30.3 Å². The summed E-state index contributed by atoms with van der Waals surface area (Å²) in [6.07, 6.45) is 0. The summed E-state index contributed by atoms with van der Waals surface area (Å²) in [7, 11) is 1.27. The number of para-hydroxylation sites is 1. The number of esters is 1. The van der Waals surface area contributed by atoms with Crippen molar-refractivity contribution in [2.75, 3.05) is 7.11 Å². The molecule has 0 aliphatic rings. The van der Waals surface area contributed by atoms with E-state index in [0.717, 1.165) is 5.69 Å². The summed E-state index contributed by atoms with van der Waals surface area (Å²) in [6.45, 7) is 4.81. The molecule has 0 saturated carbocycles. The van der Waals surface area contributed by atoms with Crippen LogP contribution in [0.1, 0.15) is 30.0 Å². The Hall–Kier alpha value is -2.70. The zero-order valence-electron chi connectivity index (χ0n) is 13.0. The lowest BCUT2D eigenvalue weighted by Crippen LogP contribution is -2.50. The minimum atomic E-state index is -1.14. The number of aryl methyl sites for hydroxylation is 1. The molecule has 116 valence electrons. The van der Waals surface area contributed by atoms with Crippen LogP contribution < -0.4 is 5.32 Å². The summed E-state index contributed by atoms with van der Waals surface area (Å²) in [4.78, 5) is 25.3. The molecule has 2 aromatic rings. The largest absolute Gasteiger partial charge is 0.467 e. The topological polar surface area (TPSA) is 86.1 Å². The van der Waals surface area contributed by atoms with E-state index in [4.69, 9.17) is 0 Å². The van der Waals surface area contributed by atoms with Gasteiger partial charge in [-0.15, -0.1) is 5.10 Å². The van der Waals surface area contributed by atoms with Crippen molar-refractivity contribution >= 4 is 11.9 Å². The molecule has 0 aliphatic carbocycles. The van der Waals surface area contributed by atoms with Crippen LogP contribution in [-0.2, 0) is 9.53 Å². The van der Waals surface area contributed by atoms with Crippen molar-refractivity contribution in [2.24, 2.45) is 0 Å². The maximum Gasteiger partial charge on any atom is 0.330 e. The Balaban J connectivity index is 2.25. The second-order valence-electron chi connectivity index (χ2n) is 5.33. The number of nitrogens with zero attached hydrogens (tertiary/aromatic N) is 3. The first-order valence-electron chi connectivity index (χ1n) is 6.75. The maximum atomic E-state index is 12.3. The lowest BCUT2D eigenvalue weighted by Gasteiger charge is -2.22. The number of amides is 1. The van der Waals surface area contributed by atoms with E-state index in [-0.39, 0.29) is 5.69 Å². The van der Waals surface area contributed by atoms with Crippen LogP contribution in [0.5, 0.6) is 0 Å². The van der Waals surface area contributed by atoms with Gasteiger partial charge in [0.2, 0.25) is 0 Å². The molecule has 0 saturated heterocycles. The van der Waals surface area contributed by atoms with Gasteiger partial charge in [-0.2, -0.15) is 9.90 Å². The molecule has 1 aromatic heterocycles. The normalized spacial score (nSPS) is 11.1. The van der Waals surface area contributed by atoms with Crippen LogP contribution in [0.2, 0.25) is 0 Å². The van der Waals surface area contributed by atoms with E-state index in [1.165, 1.54) is 11.9 Å². The average molecular weight is 302 g/mol. The van der Waals surface area contributed by atoms with Gasteiger partial charge in [-0.05, 0) is 32.9 Å². The summed E-state index contributed by atoms with van der Waals surface area (Å²) in [5, 5.41) is 11.0. The fourth-order valence-electron chi connectivity index (χ4n) is 1.91. The lowest BCUT2D eigenvalue weighted by atomic mass is 10.1. The second-order valence-corrected chi connectivity index (χ2v) is 5.33. The van der Waals surface area contributed by atoms with Crippen LogP contribution in [0.4, 0.5) is 0 Å². The van der Waals surface area contributed by atoms with Gasteiger partial charge in [-0.3, -0.25) is 4.79 Å². The zero-order chi connectivity index (χ0) is 16.3. The molecule has 1 N–H and O–H groups in total. The van der Waals surface area contributed by atoms with Crippen LogP contribution in [0.15, 0.2) is 30.3 Å². The van der Waals surface area contributed by atoms with Crippen molar-refractivity contribution < 1.29 is 14.3 Å². The van der Waals surface area contributed by atoms with Gasteiger partial charge in [0.1, 0.15) is 5.54 Å². The molecule has 22 heavy (non-hydrogen) atoms. The van der Waals surface area contributed by atoms with Crippen molar-refractivity contribution in [3.8, 4) is 5.69 Å². The first-order chi connectivity index (χ1) is 10.3. The molecular formula is C15H18N4O3. The van der Waals surface area contributed by atoms with Crippen LogP contribution in [0.3, 0.4) is 0 Å². The molecule has 0 radical (unpaired) electrons. The van der Waals surface area contributed by atoms with Gasteiger partial charge in [0, 0.05) is 0 Å². The van der Waals surface area contributed by atoms with Crippen LogP contribution >= 0.6 is 0 Å². The highest BCUT2D eigenvalue weighted by atomic mass is 16.5. The van der Waals surface area contributed by atoms with E-state index in [1.54, 1.807) is 20.8 Å². The highest BCUT2D eigenvalue weighted by molar-refractivity contribution is 5.97. The van der Waals surface area contributed by atoms with E-state index < -0.39 is 17.4 Å². The SMILES string of the molecule is COC(=O)C(C)(C)NC(=O)c1nn(-c2ccccc2)nc1C. The number of hydrogen-bond donors (Lipinski definition) is 1. The fraction of sp³-hybridized carbons (Fsp3) is 0.333. The van der Waals surface area contributed by atoms with E-state index in [0.29, 0.717) is 5.69 Å². The van der Waals surface area contributed by atoms with Gasteiger partial charge >= 0.3 is 5.97 Å². The van der Waals surface area contributed by atoms with Crippen LogP contribution in [0, 0.1) is 6.92 Å². The number of nitrogens with one attached hydrogen (secondary N) is 1. The third-order valence-corrected chi connectivity index (χ3v) is 3.11. The highest BCUT2D eigenvalue weighted by Gasteiger charge is 2.32. The van der Waals surface area contributed by atoms with Crippen LogP contribution in [0.25, 0.3) is 5.69 Å². The molecule has 0 unspecified atom stereocenters. The van der Waals surface area contributed by atoms with Crippen molar-refractivity contribution in [3.63, 3.8) is 0 Å². The van der Waals surface area contributed by atoms with Crippen molar-refractivity contribution in [1.82, 2.24) is 20.3 Å². The highest BCUT2D eigenvalue weighted by Crippen LogP contribution is 2.11. The molecule has 1 aromatic carbocycles. The molecule has 0 fully saturated rings. The summed E-state index contributed by atoms with van der Waals surface area (Å²) in [5.74, 6) is -1.01. The standard InChI is InChI=1S/C15H18N4O3/c1-10-12(13(20)16-15(2,3)14(21)22-4)18-19(17-10)11-8-6-5-7-9-11/h5-9H,1-4H3,(H,16,20). The molecule has 0 atom stereocenters. The van der Waals surface area contributed by atoms with Gasteiger partial charge in [-0.25, -0.2) is 4.79 Å². The number of aromatic nitrogens is 3. The average Bonchev–Trinajstić information content (AvgIpc) is 2.89. The summed E-state index contributed by atoms with van der Waals surface area (Å²) in [6, 6.07) is 9.26. The number of ether oxygens (including phenoxy) is 1. The van der Waals surface area contributed by atoms with Gasteiger partial charge in [0.15, 0.2) is 5.69 Å². The Morgan fingerprint density at radius 2 is 1.82 bits per heavy atom. The van der Waals surface area contributed by atoms with Crippen LogP contribution in [-0.4, -0.2) is 39.5 Å². The number of methoxy groups -OCH3 is 1. The molecule has 1 amide bonds. The Labute approximate surface area is 128 Å². The molecule has 7 heteroatoms. The molecule has 0 spiro atoms. The van der Waals surface area contributed by atoms with Crippen molar-refractivity contribution in [3.05, 3.63) is 41.7 Å². The van der Waals surface area contributed by atoms with E-state index >= 15 is 0 Å². The number of carbonyl (C=O) groups is 2. The zero-order valence-corrected chi connectivity index (χ0v) is 13.0. The minimum absolute atomic E-state index is 0.167. The second kappa shape index (κ2) is 5.97. The third kappa shape index (κ3) is 3.13. The number of carbonyl (C=O) groups excluding carboxylic acids is 2. The fourth-order valence-corrected chi connectivity index (χ4v) is 1.91. The van der Waals surface area contributed by atoms with E-state index in [9.17, 15) is 9.59 Å². The van der Waals surface area contributed by atoms with Gasteiger partial charge in [-0.1, -0.05) is 18.2 Å². The van der Waals surface area contributed by atoms with Gasteiger partial charge < -0.3 is 10.1 Å². The monoisotopic (exact) mass is 302 g/mol. The predicted molar refractivity (Wildman–Crippen MR) is 79.7 cm³/mol. The summed E-state index contributed by atoms with van der Waals surface area (Å²) < 4.78 is 4.66. The van der Waals surface area contributed by atoms with Crippen molar-refractivity contribution in [1.29, 1.82) is 0 Å². The number of benzene rings is 1. The molecular weight excluding hydrogens is 284 g/mol. The van der Waals surface area contributed by atoms with E-state index in [2.05, 4.69) is 20.3 Å².